The van der Waals surface area contributed by atoms with E-state index in [-0.39, 0.29) is 11.8 Å². The summed E-state index contributed by atoms with van der Waals surface area (Å²) in [6.45, 7) is 3.94. The second kappa shape index (κ2) is 6.05. The molecule has 1 unspecified atom stereocenters. The Morgan fingerprint density at radius 1 is 1.40 bits per heavy atom. The van der Waals surface area contributed by atoms with Gasteiger partial charge in [-0.2, -0.15) is 5.10 Å². The van der Waals surface area contributed by atoms with E-state index in [0.717, 1.165) is 17.7 Å². The van der Waals surface area contributed by atoms with Crippen molar-refractivity contribution < 1.29 is 9.13 Å². The predicted molar refractivity (Wildman–Crippen MR) is 76.4 cm³/mol. The molecule has 0 aliphatic carbocycles. The van der Waals surface area contributed by atoms with Gasteiger partial charge in [-0.1, -0.05) is 19.1 Å². The van der Waals surface area contributed by atoms with E-state index < -0.39 is 5.82 Å². The highest BCUT2D eigenvalue weighted by Gasteiger charge is 2.18. The standard InChI is InChI=1S/C15H20FN3O/c1-4-11(17)9-12-10(2)18-19(3)15(12)20-14-8-6-5-7-13(14)16/h5-8,11H,4,9,17H2,1-3H3. The normalized spacial score (nSPS) is 12.4. The van der Waals surface area contributed by atoms with Gasteiger partial charge in [0.15, 0.2) is 11.6 Å². The maximum absolute atomic E-state index is 13.7. The zero-order chi connectivity index (χ0) is 14.7. The summed E-state index contributed by atoms with van der Waals surface area (Å²) < 4.78 is 21.0. The van der Waals surface area contributed by atoms with Gasteiger partial charge in [0, 0.05) is 18.7 Å². The summed E-state index contributed by atoms with van der Waals surface area (Å²) in [6.07, 6.45) is 1.54. The Bertz CT molecular complexity index is 595. The number of nitrogens with two attached hydrogens (primary N) is 1. The van der Waals surface area contributed by atoms with E-state index in [1.54, 1.807) is 29.9 Å². The lowest BCUT2D eigenvalue weighted by atomic mass is 10.1. The Kier molecular flexibility index (Phi) is 4.39. The first-order chi connectivity index (χ1) is 9.52. The van der Waals surface area contributed by atoms with E-state index >= 15 is 0 Å². The van der Waals surface area contributed by atoms with Crippen LogP contribution in [0.1, 0.15) is 24.6 Å². The van der Waals surface area contributed by atoms with Crippen LogP contribution in [-0.2, 0) is 13.5 Å². The van der Waals surface area contributed by atoms with E-state index in [9.17, 15) is 4.39 Å². The molecule has 1 atom stereocenters. The molecule has 5 heteroatoms. The first-order valence-corrected chi connectivity index (χ1v) is 6.73. The number of rotatable bonds is 5. The molecule has 20 heavy (non-hydrogen) atoms. The molecule has 108 valence electrons. The minimum atomic E-state index is -0.392. The summed E-state index contributed by atoms with van der Waals surface area (Å²) in [5, 5.41) is 4.34. The summed E-state index contributed by atoms with van der Waals surface area (Å²) in [7, 11) is 1.78. The van der Waals surface area contributed by atoms with Crippen molar-refractivity contribution in [1.29, 1.82) is 0 Å². The molecule has 0 aliphatic rings. The molecule has 0 bridgehead atoms. The van der Waals surface area contributed by atoms with Gasteiger partial charge in [0.1, 0.15) is 0 Å². The zero-order valence-electron chi connectivity index (χ0n) is 12.1. The van der Waals surface area contributed by atoms with E-state index in [1.165, 1.54) is 6.07 Å². The van der Waals surface area contributed by atoms with Crippen LogP contribution in [0.4, 0.5) is 4.39 Å². The zero-order valence-corrected chi connectivity index (χ0v) is 12.1. The SMILES string of the molecule is CCC(N)Cc1c(C)nn(C)c1Oc1ccccc1F. The molecular formula is C15H20FN3O. The molecule has 1 heterocycles. The van der Waals surface area contributed by atoms with Crippen molar-refractivity contribution in [1.82, 2.24) is 9.78 Å². The number of aromatic nitrogens is 2. The molecule has 2 rings (SSSR count). The van der Waals surface area contributed by atoms with Crippen LogP contribution in [0.5, 0.6) is 11.6 Å². The molecule has 1 aromatic carbocycles. The van der Waals surface area contributed by atoms with Gasteiger partial charge < -0.3 is 10.5 Å². The van der Waals surface area contributed by atoms with Crippen LogP contribution >= 0.6 is 0 Å². The fourth-order valence-corrected chi connectivity index (χ4v) is 2.08. The van der Waals surface area contributed by atoms with Gasteiger partial charge in [0.25, 0.3) is 0 Å². The van der Waals surface area contributed by atoms with Gasteiger partial charge in [-0.3, -0.25) is 0 Å². The second-order valence-electron chi connectivity index (χ2n) is 4.90. The molecule has 0 saturated heterocycles. The Morgan fingerprint density at radius 2 is 2.10 bits per heavy atom. The molecular weight excluding hydrogens is 257 g/mol. The average molecular weight is 277 g/mol. The summed E-state index contributed by atoms with van der Waals surface area (Å²) in [6, 6.07) is 6.38. The quantitative estimate of drug-likeness (QED) is 0.914. The first-order valence-electron chi connectivity index (χ1n) is 6.73. The topological polar surface area (TPSA) is 53.1 Å². The monoisotopic (exact) mass is 277 g/mol. The summed E-state index contributed by atoms with van der Waals surface area (Å²) in [5.74, 6) is 0.357. The second-order valence-corrected chi connectivity index (χ2v) is 4.90. The van der Waals surface area contributed by atoms with Crippen molar-refractivity contribution in [2.45, 2.75) is 32.7 Å². The highest BCUT2D eigenvalue weighted by molar-refractivity contribution is 5.36. The fraction of sp³-hybridized carbons (Fsp3) is 0.400. The number of ether oxygens (including phenoxy) is 1. The average Bonchev–Trinajstić information content (AvgIpc) is 2.68. The maximum Gasteiger partial charge on any atom is 0.221 e. The minimum absolute atomic E-state index is 0.0425. The Hall–Kier alpha value is -1.88. The van der Waals surface area contributed by atoms with E-state index in [4.69, 9.17) is 10.5 Å². The largest absolute Gasteiger partial charge is 0.436 e. The van der Waals surface area contributed by atoms with Crippen LogP contribution in [0, 0.1) is 12.7 Å². The number of aryl methyl sites for hydroxylation is 2. The maximum atomic E-state index is 13.7. The lowest BCUT2D eigenvalue weighted by Crippen LogP contribution is -2.21. The fourth-order valence-electron chi connectivity index (χ4n) is 2.08. The summed E-state index contributed by atoms with van der Waals surface area (Å²) in [4.78, 5) is 0. The van der Waals surface area contributed by atoms with Crippen LogP contribution in [0.3, 0.4) is 0 Å². The Labute approximate surface area is 118 Å². The minimum Gasteiger partial charge on any atom is -0.436 e. The number of para-hydroxylation sites is 1. The summed E-state index contributed by atoms with van der Waals surface area (Å²) >= 11 is 0. The number of halogens is 1. The molecule has 0 saturated carbocycles. The van der Waals surface area contributed by atoms with Gasteiger partial charge in [-0.15, -0.1) is 0 Å². The lowest BCUT2D eigenvalue weighted by molar-refractivity contribution is 0.398. The van der Waals surface area contributed by atoms with Gasteiger partial charge in [-0.25, -0.2) is 9.07 Å². The number of hydrogen-bond acceptors (Lipinski definition) is 3. The highest BCUT2D eigenvalue weighted by Crippen LogP contribution is 2.29. The highest BCUT2D eigenvalue weighted by atomic mass is 19.1. The molecule has 2 aromatic rings. The molecule has 0 spiro atoms. The number of benzene rings is 1. The van der Waals surface area contributed by atoms with Gasteiger partial charge >= 0.3 is 0 Å². The van der Waals surface area contributed by atoms with Gasteiger partial charge in [-0.05, 0) is 31.9 Å². The first kappa shape index (κ1) is 14.5. The van der Waals surface area contributed by atoms with Crippen molar-refractivity contribution in [3.8, 4) is 11.6 Å². The Balaban J connectivity index is 2.34. The summed E-state index contributed by atoms with van der Waals surface area (Å²) in [5.41, 5.74) is 7.81. The third kappa shape index (κ3) is 2.99. The van der Waals surface area contributed by atoms with Crippen molar-refractivity contribution >= 4 is 0 Å². The van der Waals surface area contributed by atoms with Crippen LogP contribution in [0.2, 0.25) is 0 Å². The Morgan fingerprint density at radius 3 is 2.75 bits per heavy atom. The molecule has 0 radical (unpaired) electrons. The van der Waals surface area contributed by atoms with Crippen LogP contribution < -0.4 is 10.5 Å². The molecule has 0 aliphatic heterocycles. The van der Waals surface area contributed by atoms with Crippen molar-refractivity contribution in [2.75, 3.05) is 0 Å². The van der Waals surface area contributed by atoms with Crippen LogP contribution in [0.15, 0.2) is 24.3 Å². The van der Waals surface area contributed by atoms with Crippen LogP contribution in [0.25, 0.3) is 0 Å². The molecule has 0 fully saturated rings. The lowest BCUT2D eigenvalue weighted by Gasteiger charge is -2.12. The third-order valence-corrected chi connectivity index (χ3v) is 3.32. The van der Waals surface area contributed by atoms with Crippen molar-refractivity contribution in [3.05, 3.63) is 41.3 Å². The van der Waals surface area contributed by atoms with E-state index in [1.807, 2.05) is 13.8 Å². The number of nitrogens with zero attached hydrogens (tertiary/aromatic N) is 2. The van der Waals surface area contributed by atoms with E-state index in [2.05, 4.69) is 5.10 Å². The van der Waals surface area contributed by atoms with E-state index in [0.29, 0.717) is 12.3 Å². The molecule has 0 amide bonds. The van der Waals surface area contributed by atoms with Gasteiger partial charge in [0.2, 0.25) is 5.88 Å². The molecule has 1 aromatic heterocycles. The van der Waals surface area contributed by atoms with Crippen molar-refractivity contribution in [3.63, 3.8) is 0 Å². The third-order valence-electron chi connectivity index (χ3n) is 3.32. The smallest absolute Gasteiger partial charge is 0.221 e. The molecule has 4 nitrogen and oxygen atoms in total. The van der Waals surface area contributed by atoms with Crippen LogP contribution in [-0.4, -0.2) is 15.8 Å². The van der Waals surface area contributed by atoms with Gasteiger partial charge in [0.05, 0.1) is 5.69 Å². The molecule has 2 N–H and O–H groups in total. The van der Waals surface area contributed by atoms with Crippen molar-refractivity contribution in [2.24, 2.45) is 12.8 Å². The number of hydrogen-bond donors (Lipinski definition) is 1. The predicted octanol–water partition coefficient (Wildman–Crippen LogP) is 2.94.